The molecule has 1 aliphatic carbocycles. The Morgan fingerprint density at radius 2 is 2.33 bits per heavy atom. The highest BCUT2D eigenvalue weighted by atomic mass is 16.5. The Bertz CT molecular complexity index is 452. The van der Waals surface area contributed by atoms with Gasteiger partial charge < -0.3 is 15.0 Å². The Labute approximate surface area is 86.5 Å². The van der Waals surface area contributed by atoms with Crippen LogP contribution in [0.15, 0.2) is 23.1 Å². The standard InChI is InChI=1S/C10H12N2O3/c1-15-6-2-3-9(13)12(5-6)8-4-7(8)10(11)14/h2-3,5,7-8H,4H2,1H3,(H2,11,14)/t7-,8-/m0/s1. The number of aromatic nitrogens is 1. The fourth-order valence-electron chi connectivity index (χ4n) is 1.66. The van der Waals surface area contributed by atoms with E-state index in [1.165, 1.54) is 17.7 Å². The molecule has 0 bridgehead atoms. The number of carbonyl (C=O) groups excluding carboxylic acids is 1. The lowest BCUT2D eigenvalue weighted by Gasteiger charge is -2.06. The first kappa shape index (κ1) is 9.76. The molecule has 0 saturated heterocycles. The van der Waals surface area contributed by atoms with E-state index in [1.54, 1.807) is 12.3 Å². The minimum atomic E-state index is -0.352. The van der Waals surface area contributed by atoms with Crippen LogP contribution in [0.25, 0.3) is 0 Å². The smallest absolute Gasteiger partial charge is 0.251 e. The maximum atomic E-state index is 11.5. The lowest BCUT2D eigenvalue weighted by Crippen LogP contribution is -2.21. The van der Waals surface area contributed by atoms with Crippen LogP contribution in [0.2, 0.25) is 0 Å². The highest BCUT2D eigenvalue weighted by Gasteiger charge is 2.43. The lowest BCUT2D eigenvalue weighted by atomic mass is 10.3. The van der Waals surface area contributed by atoms with Crippen molar-refractivity contribution in [1.29, 1.82) is 0 Å². The summed E-state index contributed by atoms with van der Waals surface area (Å²) >= 11 is 0. The highest BCUT2D eigenvalue weighted by Crippen LogP contribution is 2.42. The van der Waals surface area contributed by atoms with Crippen molar-refractivity contribution < 1.29 is 9.53 Å². The first-order chi connectivity index (χ1) is 7.13. The average Bonchev–Trinajstić information content (AvgIpc) is 2.98. The summed E-state index contributed by atoms with van der Waals surface area (Å²) in [4.78, 5) is 22.4. The molecule has 1 fully saturated rings. The lowest BCUT2D eigenvalue weighted by molar-refractivity contribution is -0.119. The predicted molar refractivity (Wildman–Crippen MR) is 53.6 cm³/mol. The number of rotatable bonds is 3. The molecule has 1 aliphatic rings. The molecular formula is C10H12N2O3. The summed E-state index contributed by atoms with van der Waals surface area (Å²) < 4.78 is 6.52. The van der Waals surface area contributed by atoms with Gasteiger partial charge in [-0.15, -0.1) is 0 Å². The Morgan fingerprint density at radius 1 is 1.60 bits per heavy atom. The van der Waals surface area contributed by atoms with Crippen molar-refractivity contribution in [2.45, 2.75) is 12.5 Å². The van der Waals surface area contributed by atoms with Crippen molar-refractivity contribution in [2.24, 2.45) is 11.7 Å². The quantitative estimate of drug-likeness (QED) is 0.754. The van der Waals surface area contributed by atoms with Gasteiger partial charge in [-0.3, -0.25) is 9.59 Å². The van der Waals surface area contributed by atoms with Crippen LogP contribution in [-0.4, -0.2) is 17.6 Å². The van der Waals surface area contributed by atoms with Crippen molar-refractivity contribution in [1.82, 2.24) is 4.57 Å². The molecule has 0 radical (unpaired) electrons. The van der Waals surface area contributed by atoms with Crippen molar-refractivity contribution in [2.75, 3.05) is 7.11 Å². The number of ether oxygens (including phenoxy) is 1. The summed E-state index contributed by atoms with van der Waals surface area (Å²) in [7, 11) is 1.53. The van der Waals surface area contributed by atoms with Gasteiger partial charge in [0.25, 0.3) is 5.56 Å². The van der Waals surface area contributed by atoms with Gasteiger partial charge in [-0.2, -0.15) is 0 Å². The third-order valence-electron chi connectivity index (χ3n) is 2.63. The molecule has 5 nitrogen and oxygen atoms in total. The first-order valence-corrected chi connectivity index (χ1v) is 4.69. The van der Waals surface area contributed by atoms with Crippen molar-refractivity contribution in [3.63, 3.8) is 0 Å². The van der Waals surface area contributed by atoms with E-state index in [9.17, 15) is 9.59 Å². The van der Waals surface area contributed by atoms with Crippen molar-refractivity contribution in [3.8, 4) is 5.75 Å². The van der Waals surface area contributed by atoms with Gasteiger partial charge in [0.15, 0.2) is 0 Å². The van der Waals surface area contributed by atoms with Gasteiger partial charge in [0, 0.05) is 18.3 Å². The molecule has 0 spiro atoms. The molecule has 1 heterocycles. The second kappa shape index (κ2) is 3.42. The van der Waals surface area contributed by atoms with E-state index in [-0.39, 0.29) is 23.4 Å². The monoisotopic (exact) mass is 208 g/mol. The van der Waals surface area contributed by atoms with E-state index in [1.807, 2.05) is 0 Å². The van der Waals surface area contributed by atoms with Crippen molar-refractivity contribution in [3.05, 3.63) is 28.7 Å². The number of hydrogen-bond donors (Lipinski definition) is 1. The molecule has 2 N–H and O–H groups in total. The summed E-state index contributed by atoms with van der Waals surface area (Å²) in [6, 6.07) is 2.93. The Hall–Kier alpha value is -1.78. The number of hydrogen-bond acceptors (Lipinski definition) is 3. The van der Waals surface area contributed by atoms with Crippen LogP contribution in [0.4, 0.5) is 0 Å². The van der Waals surface area contributed by atoms with Gasteiger partial charge >= 0.3 is 0 Å². The topological polar surface area (TPSA) is 74.3 Å². The molecular weight excluding hydrogens is 196 g/mol. The SMILES string of the molecule is COc1ccc(=O)n([C@H]2C[C@@H]2C(N)=O)c1. The summed E-state index contributed by atoms with van der Waals surface area (Å²) in [6.07, 6.45) is 2.25. The van der Waals surface area contributed by atoms with E-state index in [4.69, 9.17) is 10.5 Å². The third kappa shape index (κ3) is 1.72. The highest BCUT2D eigenvalue weighted by molar-refractivity contribution is 5.80. The fraction of sp³-hybridized carbons (Fsp3) is 0.400. The van der Waals surface area contributed by atoms with Gasteiger partial charge in [0.1, 0.15) is 5.75 Å². The molecule has 0 unspecified atom stereocenters. The van der Waals surface area contributed by atoms with E-state index < -0.39 is 0 Å². The van der Waals surface area contributed by atoms with Gasteiger partial charge in [-0.05, 0) is 12.5 Å². The Balaban J connectivity index is 2.29. The fourth-order valence-corrected chi connectivity index (χ4v) is 1.66. The van der Waals surface area contributed by atoms with Gasteiger partial charge in [-0.1, -0.05) is 0 Å². The number of pyridine rings is 1. The largest absolute Gasteiger partial charge is 0.495 e. The molecule has 1 saturated carbocycles. The molecule has 1 amide bonds. The average molecular weight is 208 g/mol. The number of carbonyl (C=O) groups is 1. The van der Waals surface area contributed by atoms with Crippen LogP contribution in [-0.2, 0) is 4.79 Å². The second-order valence-electron chi connectivity index (χ2n) is 3.63. The van der Waals surface area contributed by atoms with Gasteiger partial charge in [0.05, 0.1) is 13.0 Å². The van der Waals surface area contributed by atoms with Crippen LogP contribution in [0, 0.1) is 5.92 Å². The third-order valence-corrected chi connectivity index (χ3v) is 2.63. The van der Waals surface area contributed by atoms with Crippen molar-refractivity contribution >= 4 is 5.91 Å². The van der Waals surface area contributed by atoms with E-state index in [0.29, 0.717) is 12.2 Å². The Kier molecular flexibility index (Phi) is 2.22. The second-order valence-corrected chi connectivity index (χ2v) is 3.63. The van der Waals surface area contributed by atoms with Gasteiger partial charge in [-0.25, -0.2) is 0 Å². The molecule has 1 aromatic rings. The molecule has 80 valence electrons. The molecule has 5 heteroatoms. The zero-order chi connectivity index (χ0) is 11.0. The number of amides is 1. The number of methoxy groups -OCH3 is 1. The first-order valence-electron chi connectivity index (χ1n) is 4.69. The molecule has 15 heavy (non-hydrogen) atoms. The minimum absolute atomic E-state index is 0.0925. The molecule has 2 rings (SSSR count). The zero-order valence-electron chi connectivity index (χ0n) is 8.34. The van der Waals surface area contributed by atoms with E-state index in [0.717, 1.165) is 0 Å². The normalized spacial score (nSPS) is 23.5. The Morgan fingerprint density at radius 3 is 2.87 bits per heavy atom. The number of nitrogens with zero attached hydrogens (tertiary/aromatic N) is 1. The summed E-state index contributed by atoms with van der Waals surface area (Å²) in [5, 5.41) is 0. The summed E-state index contributed by atoms with van der Waals surface area (Å²) in [5.74, 6) is 0.0363. The summed E-state index contributed by atoms with van der Waals surface area (Å²) in [5.41, 5.74) is 5.03. The molecule has 0 aromatic carbocycles. The number of primary amides is 1. The van der Waals surface area contributed by atoms with Gasteiger partial charge in [0.2, 0.25) is 5.91 Å². The predicted octanol–water partition coefficient (Wildman–Crippen LogP) is -0.0968. The maximum Gasteiger partial charge on any atom is 0.251 e. The number of nitrogens with two attached hydrogens (primary N) is 1. The minimum Gasteiger partial charge on any atom is -0.495 e. The maximum absolute atomic E-state index is 11.5. The molecule has 1 aromatic heterocycles. The van der Waals surface area contributed by atoms with E-state index >= 15 is 0 Å². The zero-order valence-corrected chi connectivity index (χ0v) is 8.34. The molecule has 0 aliphatic heterocycles. The molecule has 2 atom stereocenters. The van der Waals surface area contributed by atoms with Crippen LogP contribution < -0.4 is 16.0 Å². The van der Waals surface area contributed by atoms with E-state index in [2.05, 4.69) is 0 Å². The van der Waals surface area contributed by atoms with Crippen LogP contribution in [0.3, 0.4) is 0 Å². The van der Waals surface area contributed by atoms with Crippen LogP contribution >= 0.6 is 0 Å². The summed E-state index contributed by atoms with van der Waals surface area (Å²) in [6.45, 7) is 0. The van der Waals surface area contributed by atoms with Crippen LogP contribution in [0.5, 0.6) is 5.75 Å². The van der Waals surface area contributed by atoms with Crippen LogP contribution in [0.1, 0.15) is 12.5 Å².